The number of hydrogen-bond acceptors (Lipinski definition) is 7. The van der Waals surface area contributed by atoms with Crippen molar-refractivity contribution in [1.29, 1.82) is 0 Å². The van der Waals surface area contributed by atoms with Gasteiger partial charge in [0.15, 0.2) is 0 Å². The summed E-state index contributed by atoms with van der Waals surface area (Å²) in [5.74, 6) is 0.171. The molecule has 0 spiro atoms. The average Bonchev–Trinajstić information content (AvgIpc) is 2.68. The van der Waals surface area contributed by atoms with Crippen molar-refractivity contribution in [2.45, 2.75) is 0 Å². The Balaban J connectivity index is 1.76. The Hall–Kier alpha value is -3.59. The van der Waals surface area contributed by atoms with Gasteiger partial charge in [-0.25, -0.2) is 9.97 Å². The molecule has 28 heavy (non-hydrogen) atoms. The molecule has 0 fully saturated rings. The van der Waals surface area contributed by atoms with Crippen LogP contribution >= 0.6 is 15.9 Å². The first kappa shape index (κ1) is 17.8. The minimum atomic E-state index is -0.513. The molecular weight excluding hydrogens is 424 g/mol. The predicted molar refractivity (Wildman–Crippen MR) is 111 cm³/mol. The smallest absolute Gasteiger partial charge is 0.334 e. The molecule has 0 aliphatic rings. The molecule has 0 aliphatic heterocycles. The number of aromatic nitrogens is 3. The van der Waals surface area contributed by atoms with Crippen molar-refractivity contribution in [3.05, 3.63) is 81.7 Å². The molecule has 9 heteroatoms. The lowest BCUT2D eigenvalue weighted by atomic mass is 10.2. The minimum Gasteiger partial charge on any atom is -0.334 e. The Morgan fingerprint density at radius 3 is 2.46 bits per heavy atom. The molecule has 0 amide bonds. The van der Waals surface area contributed by atoms with Crippen LogP contribution in [0.3, 0.4) is 0 Å². The molecule has 2 N–H and O–H groups in total. The number of halogens is 1. The zero-order chi connectivity index (χ0) is 19.5. The van der Waals surface area contributed by atoms with Gasteiger partial charge in [-0.05, 0) is 30.3 Å². The molecule has 8 nitrogen and oxygen atoms in total. The first-order chi connectivity index (χ1) is 13.6. The third kappa shape index (κ3) is 3.60. The van der Waals surface area contributed by atoms with Crippen molar-refractivity contribution < 1.29 is 4.92 Å². The number of anilines is 4. The van der Waals surface area contributed by atoms with E-state index in [0.717, 1.165) is 9.86 Å². The number of rotatable bonds is 5. The van der Waals surface area contributed by atoms with Gasteiger partial charge in [-0.3, -0.25) is 15.1 Å². The second-order valence-electron chi connectivity index (χ2n) is 5.82. The highest BCUT2D eigenvalue weighted by atomic mass is 79.9. The molecule has 0 atom stereocenters. The normalized spacial score (nSPS) is 10.6. The molecule has 0 bridgehead atoms. The highest BCUT2D eigenvalue weighted by Crippen LogP contribution is 2.34. The van der Waals surface area contributed by atoms with E-state index in [2.05, 4.69) is 41.5 Å². The Kier molecular flexibility index (Phi) is 4.81. The van der Waals surface area contributed by atoms with Gasteiger partial charge >= 0.3 is 5.69 Å². The lowest BCUT2D eigenvalue weighted by Gasteiger charge is -2.11. The Morgan fingerprint density at radius 1 is 0.929 bits per heavy atom. The van der Waals surface area contributed by atoms with E-state index in [4.69, 9.17) is 0 Å². The van der Waals surface area contributed by atoms with Crippen LogP contribution in [0.2, 0.25) is 0 Å². The topological polar surface area (TPSA) is 106 Å². The van der Waals surface area contributed by atoms with Crippen LogP contribution in [-0.2, 0) is 0 Å². The molecule has 2 aromatic heterocycles. The molecule has 0 saturated heterocycles. The quantitative estimate of drug-likeness (QED) is 0.327. The Bertz CT molecular complexity index is 1180. The fraction of sp³-hybridized carbons (Fsp3) is 0. The van der Waals surface area contributed by atoms with Gasteiger partial charge in [-0.1, -0.05) is 40.2 Å². The summed E-state index contributed by atoms with van der Waals surface area (Å²) in [6.45, 7) is 0. The van der Waals surface area contributed by atoms with Crippen LogP contribution in [0.25, 0.3) is 10.9 Å². The van der Waals surface area contributed by atoms with E-state index in [1.165, 1.54) is 6.33 Å². The number of pyridine rings is 1. The van der Waals surface area contributed by atoms with E-state index in [9.17, 15) is 10.1 Å². The van der Waals surface area contributed by atoms with Gasteiger partial charge in [-0.15, -0.1) is 0 Å². The summed E-state index contributed by atoms with van der Waals surface area (Å²) in [6.07, 6.45) is 2.94. The van der Waals surface area contributed by atoms with Crippen LogP contribution in [0.1, 0.15) is 0 Å². The fourth-order valence-electron chi connectivity index (χ4n) is 2.77. The zero-order valence-corrected chi connectivity index (χ0v) is 15.9. The molecule has 2 aromatic carbocycles. The number of nitrogens with zero attached hydrogens (tertiary/aromatic N) is 4. The third-order valence-electron chi connectivity index (χ3n) is 3.98. The monoisotopic (exact) mass is 436 g/mol. The van der Waals surface area contributed by atoms with Gasteiger partial charge in [0.05, 0.1) is 16.1 Å². The van der Waals surface area contributed by atoms with Crippen LogP contribution < -0.4 is 10.6 Å². The number of nitro groups is 1. The minimum absolute atomic E-state index is 0.0793. The Labute approximate surface area is 168 Å². The molecular formula is C19H13BrN6O2. The van der Waals surface area contributed by atoms with Crippen molar-refractivity contribution in [2.24, 2.45) is 0 Å². The number of nitrogens with one attached hydrogen (secondary N) is 2. The lowest BCUT2D eigenvalue weighted by Crippen LogP contribution is -2.06. The first-order valence-electron chi connectivity index (χ1n) is 8.24. The molecule has 4 rings (SSSR count). The summed E-state index contributed by atoms with van der Waals surface area (Å²) in [6, 6.07) is 16.6. The van der Waals surface area contributed by atoms with E-state index in [0.29, 0.717) is 16.9 Å². The second-order valence-corrected chi connectivity index (χ2v) is 6.73. The average molecular weight is 437 g/mol. The summed E-state index contributed by atoms with van der Waals surface area (Å²) in [5.41, 5.74) is 1.72. The summed E-state index contributed by atoms with van der Waals surface area (Å²) in [5, 5.41) is 18.7. The summed E-state index contributed by atoms with van der Waals surface area (Å²) in [4.78, 5) is 23.8. The van der Waals surface area contributed by atoms with Gasteiger partial charge in [0, 0.05) is 21.7 Å². The van der Waals surface area contributed by atoms with Crippen LogP contribution in [0.15, 0.2) is 71.6 Å². The van der Waals surface area contributed by atoms with Crippen molar-refractivity contribution >= 4 is 55.5 Å². The zero-order valence-electron chi connectivity index (χ0n) is 14.3. The summed E-state index contributed by atoms with van der Waals surface area (Å²) in [7, 11) is 0. The highest BCUT2D eigenvalue weighted by Gasteiger charge is 2.24. The molecule has 0 saturated carbocycles. The van der Waals surface area contributed by atoms with Crippen LogP contribution in [0.5, 0.6) is 0 Å². The van der Waals surface area contributed by atoms with Crippen LogP contribution in [0, 0.1) is 10.1 Å². The number of para-hydroxylation sites is 1. The SMILES string of the molecule is O=[N+]([O-])c1c(Nc2cccc(Br)c2)ncnc1Nc1cccc2cccnc12. The van der Waals surface area contributed by atoms with Crippen molar-refractivity contribution in [2.75, 3.05) is 10.6 Å². The Morgan fingerprint density at radius 2 is 1.68 bits per heavy atom. The molecule has 0 radical (unpaired) electrons. The largest absolute Gasteiger partial charge is 0.353 e. The first-order valence-corrected chi connectivity index (χ1v) is 9.04. The van der Waals surface area contributed by atoms with Gasteiger partial charge in [0.1, 0.15) is 6.33 Å². The maximum Gasteiger partial charge on any atom is 0.353 e. The summed E-state index contributed by atoms with van der Waals surface area (Å²) < 4.78 is 0.842. The molecule has 4 aromatic rings. The standard InChI is InChI=1S/C19H13BrN6O2/c20-13-6-2-7-14(10-13)24-18-17(26(27)28)19(23-11-22-18)25-15-8-1-4-12-5-3-9-21-16(12)15/h1-11H,(H2,22,23,24,25). The molecule has 0 unspecified atom stereocenters. The third-order valence-corrected chi connectivity index (χ3v) is 4.47. The number of hydrogen-bond donors (Lipinski definition) is 2. The van der Waals surface area contributed by atoms with Crippen molar-refractivity contribution in [3.63, 3.8) is 0 Å². The lowest BCUT2D eigenvalue weighted by molar-refractivity contribution is -0.383. The second kappa shape index (κ2) is 7.57. The molecule has 138 valence electrons. The van der Waals surface area contributed by atoms with E-state index in [-0.39, 0.29) is 17.3 Å². The molecule has 2 heterocycles. The predicted octanol–water partition coefficient (Wildman–Crippen LogP) is 5.18. The van der Waals surface area contributed by atoms with E-state index in [1.54, 1.807) is 24.4 Å². The van der Waals surface area contributed by atoms with Crippen molar-refractivity contribution in [3.8, 4) is 0 Å². The molecule has 0 aliphatic carbocycles. The summed E-state index contributed by atoms with van der Waals surface area (Å²) >= 11 is 3.38. The van der Waals surface area contributed by atoms with Gasteiger partial charge in [-0.2, -0.15) is 0 Å². The van der Waals surface area contributed by atoms with Gasteiger partial charge in [0.2, 0.25) is 11.6 Å². The van der Waals surface area contributed by atoms with E-state index in [1.807, 2.05) is 36.4 Å². The number of benzene rings is 2. The van der Waals surface area contributed by atoms with Gasteiger partial charge < -0.3 is 10.6 Å². The van der Waals surface area contributed by atoms with E-state index < -0.39 is 4.92 Å². The van der Waals surface area contributed by atoms with Gasteiger partial charge in [0.25, 0.3) is 0 Å². The maximum absolute atomic E-state index is 11.8. The maximum atomic E-state index is 11.8. The van der Waals surface area contributed by atoms with Crippen LogP contribution in [0.4, 0.5) is 28.7 Å². The van der Waals surface area contributed by atoms with E-state index >= 15 is 0 Å². The van der Waals surface area contributed by atoms with Crippen LogP contribution in [-0.4, -0.2) is 19.9 Å². The number of fused-ring (bicyclic) bond motifs is 1. The van der Waals surface area contributed by atoms with Crippen molar-refractivity contribution in [1.82, 2.24) is 15.0 Å². The highest BCUT2D eigenvalue weighted by molar-refractivity contribution is 9.10. The fourth-order valence-corrected chi connectivity index (χ4v) is 3.17.